The number of anilines is 1. The summed E-state index contributed by atoms with van der Waals surface area (Å²) in [4.78, 5) is 10.1. The molecule has 134 valence electrons. The molecule has 0 saturated carbocycles. The van der Waals surface area contributed by atoms with Gasteiger partial charge < -0.3 is 10.4 Å². The molecule has 0 heterocycles. The molecule has 0 aromatic heterocycles. The third kappa shape index (κ3) is 4.82. The second kappa shape index (κ2) is 7.57. The SMILES string of the molecule is CS(=O)(=O)c1cccc(NCC(O)c2cc(Cl)cc(Cl)c2)c1[N+](=O)[O-]. The Morgan fingerprint density at radius 2 is 1.84 bits per heavy atom. The van der Waals surface area contributed by atoms with Crippen molar-refractivity contribution in [2.45, 2.75) is 11.0 Å². The van der Waals surface area contributed by atoms with Crippen molar-refractivity contribution in [3.8, 4) is 0 Å². The lowest BCUT2D eigenvalue weighted by Gasteiger charge is -2.15. The summed E-state index contributed by atoms with van der Waals surface area (Å²) in [6.45, 7) is -0.106. The van der Waals surface area contributed by atoms with Crippen LogP contribution in [0, 0.1) is 10.1 Å². The van der Waals surface area contributed by atoms with Gasteiger partial charge in [0.15, 0.2) is 9.84 Å². The minimum absolute atomic E-state index is 0.0138. The van der Waals surface area contributed by atoms with E-state index in [1.807, 2.05) is 0 Å². The van der Waals surface area contributed by atoms with Gasteiger partial charge in [-0.15, -0.1) is 0 Å². The maximum absolute atomic E-state index is 11.7. The van der Waals surface area contributed by atoms with E-state index < -0.39 is 31.4 Å². The van der Waals surface area contributed by atoms with Gasteiger partial charge in [-0.2, -0.15) is 0 Å². The predicted octanol–water partition coefficient (Wildman–Crippen LogP) is 3.45. The molecule has 0 fully saturated rings. The van der Waals surface area contributed by atoms with Crippen LogP contribution in [-0.2, 0) is 9.84 Å². The molecule has 0 spiro atoms. The van der Waals surface area contributed by atoms with Crippen LogP contribution in [0.2, 0.25) is 10.0 Å². The van der Waals surface area contributed by atoms with E-state index in [1.165, 1.54) is 30.3 Å². The van der Waals surface area contributed by atoms with Crippen molar-refractivity contribution >= 4 is 44.4 Å². The van der Waals surface area contributed by atoms with Gasteiger partial charge in [-0.25, -0.2) is 8.42 Å². The van der Waals surface area contributed by atoms with E-state index in [9.17, 15) is 23.6 Å². The average molecular weight is 405 g/mol. The summed E-state index contributed by atoms with van der Waals surface area (Å²) >= 11 is 11.8. The van der Waals surface area contributed by atoms with E-state index in [0.29, 0.717) is 15.6 Å². The van der Waals surface area contributed by atoms with Gasteiger partial charge in [0.05, 0.1) is 11.0 Å². The number of aliphatic hydroxyl groups excluding tert-OH is 1. The molecule has 7 nitrogen and oxygen atoms in total. The van der Waals surface area contributed by atoms with Crippen LogP contribution in [0.1, 0.15) is 11.7 Å². The van der Waals surface area contributed by atoms with E-state index >= 15 is 0 Å². The first-order valence-electron chi connectivity index (χ1n) is 6.95. The van der Waals surface area contributed by atoms with Crippen molar-refractivity contribution in [1.82, 2.24) is 0 Å². The van der Waals surface area contributed by atoms with Gasteiger partial charge in [0.1, 0.15) is 10.6 Å². The molecule has 0 aliphatic rings. The Balaban J connectivity index is 2.30. The lowest BCUT2D eigenvalue weighted by atomic mass is 10.1. The number of aliphatic hydroxyl groups is 1. The summed E-state index contributed by atoms with van der Waals surface area (Å²) in [5, 5.41) is 24.9. The lowest BCUT2D eigenvalue weighted by Crippen LogP contribution is -2.14. The zero-order valence-electron chi connectivity index (χ0n) is 12.9. The summed E-state index contributed by atoms with van der Waals surface area (Å²) in [5.41, 5.74) is -0.159. The van der Waals surface area contributed by atoms with Gasteiger partial charge in [-0.05, 0) is 35.9 Å². The minimum Gasteiger partial charge on any atom is -0.387 e. The molecule has 2 rings (SSSR count). The molecule has 2 aromatic rings. The molecule has 25 heavy (non-hydrogen) atoms. The third-order valence-corrected chi connectivity index (χ3v) is 4.90. The van der Waals surface area contributed by atoms with Crippen molar-refractivity contribution in [1.29, 1.82) is 0 Å². The maximum Gasteiger partial charge on any atom is 0.310 e. The predicted molar refractivity (Wildman–Crippen MR) is 96.1 cm³/mol. The highest BCUT2D eigenvalue weighted by molar-refractivity contribution is 7.90. The number of hydrogen-bond donors (Lipinski definition) is 2. The first kappa shape index (κ1) is 19.5. The number of sulfone groups is 1. The normalized spacial score (nSPS) is 12.6. The fourth-order valence-corrected chi connectivity index (χ4v) is 3.65. The number of nitrogens with zero attached hydrogens (tertiary/aromatic N) is 1. The maximum atomic E-state index is 11.7. The number of rotatable bonds is 6. The Morgan fingerprint density at radius 1 is 1.24 bits per heavy atom. The van der Waals surface area contributed by atoms with Crippen LogP contribution in [0.15, 0.2) is 41.3 Å². The van der Waals surface area contributed by atoms with Crippen LogP contribution in [0.25, 0.3) is 0 Å². The summed E-state index contributed by atoms with van der Waals surface area (Å²) < 4.78 is 23.5. The minimum atomic E-state index is -3.78. The van der Waals surface area contributed by atoms with Crippen LogP contribution in [0.3, 0.4) is 0 Å². The van der Waals surface area contributed by atoms with E-state index in [2.05, 4.69) is 5.32 Å². The van der Waals surface area contributed by atoms with Gasteiger partial charge >= 0.3 is 5.69 Å². The molecule has 10 heteroatoms. The molecule has 0 aliphatic heterocycles. The number of nitro groups is 1. The fourth-order valence-electron chi connectivity index (χ4n) is 2.24. The zero-order valence-corrected chi connectivity index (χ0v) is 15.3. The van der Waals surface area contributed by atoms with Crippen LogP contribution in [0.4, 0.5) is 11.4 Å². The molecular weight excluding hydrogens is 391 g/mol. The van der Waals surface area contributed by atoms with Gasteiger partial charge in [0.25, 0.3) is 0 Å². The first-order valence-corrected chi connectivity index (χ1v) is 9.59. The van der Waals surface area contributed by atoms with Crippen molar-refractivity contribution in [3.05, 3.63) is 62.1 Å². The van der Waals surface area contributed by atoms with Crippen LogP contribution in [0.5, 0.6) is 0 Å². The first-order chi connectivity index (χ1) is 11.6. The Morgan fingerprint density at radius 3 is 2.36 bits per heavy atom. The average Bonchev–Trinajstić information content (AvgIpc) is 2.50. The third-order valence-electron chi connectivity index (χ3n) is 3.34. The number of nitrogens with one attached hydrogen (secondary N) is 1. The van der Waals surface area contributed by atoms with Crippen molar-refractivity contribution in [2.75, 3.05) is 18.1 Å². The molecule has 1 atom stereocenters. The van der Waals surface area contributed by atoms with Crippen molar-refractivity contribution < 1.29 is 18.4 Å². The summed E-state index contributed by atoms with van der Waals surface area (Å²) in [7, 11) is -3.78. The van der Waals surface area contributed by atoms with Crippen LogP contribution < -0.4 is 5.32 Å². The molecule has 2 N–H and O–H groups in total. The van der Waals surface area contributed by atoms with E-state index in [4.69, 9.17) is 23.2 Å². The van der Waals surface area contributed by atoms with Gasteiger partial charge in [-0.1, -0.05) is 29.3 Å². The fraction of sp³-hybridized carbons (Fsp3) is 0.200. The summed E-state index contributed by atoms with van der Waals surface area (Å²) in [5.74, 6) is 0. The Labute approximate surface area is 154 Å². The zero-order chi connectivity index (χ0) is 18.8. The summed E-state index contributed by atoms with van der Waals surface area (Å²) in [6, 6.07) is 8.44. The van der Waals surface area contributed by atoms with E-state index in [0.717, 1.165) is 12.3 Å². The standard InChI is InChI=1S/C15H14Cl2N2O5S/c1-25(23,24)14-4-2-3-12(15(14)19(21)22)18-8-13(20)9-5-10(16)7-11(17)6-9/h2-7,13,18,20H,8H2,1H3. The lowest BCUT2D eigenvalue weighted by molar-refractivity contribution is -0.386. The Bertz CT molecular complexity index is 898. The van der Waals surface area contributed by atoms with E-state index in [-0.39, 0.29) is 12.2 Å². The second-order valence-corrected chi connectivity index (χ2v) is 8.14. The highest BCUT2D eigenvalue weighted by atomic mass is 35.5. The number of para-hydroxylation sites is 1. The second-order valence-electron chi connectivity index (χ2n) is 5.28. The highest BCUT2D eigenvalue weighted by Gasteiger charge is 2.26. The summed E-state index contributed by atoms with van der Waals surface area (Å²) in [6.07, 6.45) is -0.167. The highest BCUT2D eigenvalue weighted by Crippen LogP contribution is 2.32. The van der Waals surface area contributed by atoms with Gasteiger partial charge in [0.2, 0.25) is 0 Å². The number of halogens is 2. The topological polar surface area (TPSA) is 110 Å². The van der Waals surface area contributed by atoms with Gasteiger partial charge in [0, 0.05) is 22.8 Å². The molecule has 1 unspecified atom stereocenters. The quantitative estimate of drug-likeness (QED) is 0.563. The molecule has 0 amide bonds. The smallest absolute Gasteiger partial charge is 0.310 e. The molecule has 2 aromatic carbocycles. The number of nitro benzene ring substituents is 1. The van der Waals surface area contributed by atoms with Crippen molar-refractivity contribution in [3.63, 3.8) is 0 Å². The Hall–Kier alpha value is -1.87. The molecule has 0 radical (unpaired) electrons. The number of benzene rings is 2. The monoisotopic (exact) mass is 404 g/mol. The largest absolute Gasteiger partial charge is 0.387 e. The van der Waals surface area contributed by atoms with Crippen molar-refractivity contribution in [2.24, 2.45) is 0 Å². The molecular formula is C15H14Cl2N2O5S. The molecule has 0 bridgehead atoms. The van der Waals surface area contributed by atoms with Crippen LogP contribution in [-0.4, -0.2) is 31.2 Å². The molecule has 0 saturated heterocycles. The van der Waals surface area contributed by atoms with Gasteiger partial charge in [-0.3, -0.25) is 10.1 Å². The van der Waals surface area contributed by atoms with E-state index in [1.54, 1.807) is 0 Å². The number of hydrogen-bond acceptors (Lipinski definition) is 6. The molecule has 0 aliphatic carbocycles. The van der Waals surface area contributed by atoms with Crippen LogP contribution >= 0.6 is 23.2 Å². The Kier molecular flexibility index (Phi) is 5.89.